The monoisotopic (exact) mass is 519 g/mol. The number of likely N-dealkylation sites (tertiary alicyclic amines) is 2. The number of hydrogen-bond acceptors (Lipinski definition) is 4. The summed E-state index contributed by atoms with van der Waals surface area (Å²) in [5.41, 5.74) is 2.81. The molecule has 0 unspecified atom stereocenters. The van der Waals surface area contributed by atoms with Crippen molar-refractivity contribution in [2.45, 2.75) is 19.3 Å². The summed E-state index contributed by atoms with van der Waals surface area (Å²) >= 11 is 3.51. The lowest BCUT2D eigenvalue weighted by molar-refractivity contribution is -0.135. The van der Waals surface area contributed by atoms with Gasteiger partial charge in [-0.05, 0) is 71.6 Å². The molecule has 3 aromatic rings. The second kappa shape index (κ2) is 7.63. The Kier molecular flexibility index (Phi) is 4.63. The van der Waals surface area contributed by atoms with Crippen LogP contribution in [0.1, 0.15) is 28.2 Å². The van der Waals surface area contributed by atoms with Crippen LogP contribution < -0.4 is 0 Å². The first-order valence-corrected chi connectivity index (χ1v) is 13.0. The van der Waals surface area contributed by atoms with Crippen LogP contribution in [0.5, 0.6) is 0 Å². The molecule has 8 heteroatoms. The molecule has 34 heavy (non-hydrogen) atoms. The number of rotatable bonds is 2. The zero-order chi connectivity index (χ0) is 23.0. The molecule has 7 nitrogen and oxygen atoms in total. The molecular formula is C26H26BrN5O2. The molecule has 0 radical (unpaired) electrons. The van der Waals surface area contributed by atoms with Gasteiger partial charge in [-0.2, -0.15) is 0 Å². The summed E-state index contributed by atoms with van der Waals surface area (Å²) in [6, 6.07) is 12.1. The predicted molar refractivity (Wildman–Crippen MR) is 130 cm³/mol. The number of hydrogen-bond donors (Lipinski definition) is 1. The summed E-state index contributed by atoms with van der Waals surface area (Å²) in [6.07, 6.45) is 2.43. The van der Waals surface area contributed by atoms with Crippen LogP contribution in [0.3, 0.4) is 0 Å². The zero-order valence-electron chi connectivity index (χ0n) is 18.8. The minimum atomic E-state index is 0.0292. The SMILES string of the molecule is O=C(c1ccc2cc(Br)ccc2c1)N1C[C@@H]2[C@H](C1)[C@H]1CN(C(=O)[C@@H]3CCc4[nH]nnc4C3)C[C@@H]21. The van der Waals surface area contributed by atoms with E-state index in [9.17, 15) is 9.59 Å². The molecule has 7 rings (SSSR count). The molecule has 2 aliphatic carbocycles. The van der Waals surface area contributed by atoms with E-state index in [1.54, 1.807) is 0 Å². The molecule has 5 atom stereocenters. The van der Waals surface area contributed by atoms with Gasteiger partial charge in [0.05, 0.1) is 11.4 Å². The van der Waals surface area contributed by atoms with E-state index in [4.69, 9.17) is 0 Å². The third-order valence-corrected chi connectivity index (χ3v) is 9.30. The van der Waals surface area contributed by atoms with Crippen LogP contribution in [0, 0.1) is 29.6 Å². The number of H-pyrrole nitrogens is 1. The summed E-state index contributed by atoms with van der Waals surface area (Å²) in [4.78, 5) is 30.7. The van der Waals surface area contributed by atoms with E-state index >= 15 is 0 Å². The molecule has 2 aromatic carbocycles. The molecule has 1 aromatic heterocycles. The van der Waals surface area contributed by atoms with Crippen LogP contribution in [0.4, 0.5) is 0 Å². The number of aromatic nitrogens is 3. The fourth-order valence-electron chi connectivity index (χ4n) is 7.01. The number of nitrogens with zero attached hydrogens (tertiary/aromatic N) is 4. The predicted octanol–water partition coefficient (Wildman–Crippen LogP) is 3.30. The van der Waals surface area contributed by atoms with Crippen molar-refractivity contribution in [2.75, 3.05) is 26.2 Å². The van der Waals surface area contributed by atoms with Gasteiger partial charge in [-0.25, -0.2) is 0 Å². The Morgan fingerprint density at radius 3 is 2.35 bits per heavy atom. The lowest BCUT2D eigenvalue weighted by Crippen LogP contribution is -2.44. The van der Waals surface area contributed by atoms with Crippen LogP contribution in [0.2, 0.25) is 0 Å². The Morgan fingerprint density at radius 1 is 0.912 bits per heavy atom. The number of aromatic amines is 1. The number of benzene rings is 2. The third kappa shape index (κ3) is 3.14. The zero-order valence-corrected chi connectivity index (χ0v) is 20.4. The molecule has 4 aliphatic rings. The second-order valence-corrected chi connectivity index (χ2v) is 11.4. The van der Waals surface area contributed by atoms with Gasteiger partial charge in [0.1, 0.15) is 0 Å². The van der Waals surface area contributed by atoms with E-state index in [0.29, 0.717) is 30.1 Å². The summed E-state index contributed by atoms with van der Waals surface area (Å²) in [7, 11) is 0. The first-order valence-electron chi connectivity index (χ1n) is 12.2. The van der Waals surface area contributed by atoms with Crippen molar-refractivity contribution in [1.82, 2.24) is 25.2 Å². The Bertz CT molecular complexity index is 1300. The van der Waals surface area contributed by atoms with Gasteiger partial charge in [0.2, 0.25) is 5.91 Å². The van der Waals surface area contributed by atoms with E-state index in [0.717, 1.165) is 71.2 Å². The number of nitrogens with one attached hydrogen (secondary N) is 1. The van der Waals surface area contributed by atoms with Crippen LogP contribution in [0.25, 0.3) is 10.8 Å². The maximum absolute atomic E-state index is 13.3. The summed E-state index contributed by atoms with van der Waals surface area (Å²) in [5, 5.41) is 13.2. The molecule has 0 spiro atoms. The van der Waals surface area contributed by atoms with Gasteiger partial charge in [-0.15, -0.1) is 5.10 Å². The van der Waals surface area contributed by atoms with Gasteiger partial charge in [0.15, 0.2) is 0 Å². The lowest BCUT2D eigenvalue weighted by atomic mass is 9.60. The van der Waals surface area contributed by atoms with Crippen LogP contribution >= 0.6 is 15.9 Å². The van der Waals surface area contributed by atoms with Crippen molar-refractivity contribution < 1.29 is 9.59 Å². The highest BCUT2D eigenvalue weighted by atomic mass is 79.9. The first kappa shape index (κ1) is 20.6. The summed E-state index contributed by atoms with van der Waals surface area (Å²) in [6.45, 7) is 3.33. The van der Waals surface area contributed by atoms with E-state index in [-0.39, 0.29) is 17.7 Å². The molecule has 3 heterocycles. The van der Waals surface area contributed by atoms with Crippen molar-refractivity contribution in [3.8, 4) is 0 Å². The minimum Gasteiger partial charge on any atom is -0.342 e. The van der Waals surface area contributed by atoms with Gasteiger partial charge in [-0.3, -0.25) is 14.7 Å². The van der Waals surface area contributed by atoms with Crippen LogP contribution in [-0.2, 0) is 17.6 Å². The summed E-state index contributed by atoms with van der Waals surface area (Å²) in [5.74, 6) is 2.57. The van der Waals surface area contributed by atoms with Gasteiger partial charge in [-0.1, -0.05) is 33.3 Å². The number of halogens is 1. The van der Waals surface area contributed by atoms with E-state index < -0.39 is 0 Å². The number of aryl methyl sites for hydroxylation is 1. The topological polar surface area (TPSA) is 82.2 Å². The van der Waals surface area contributed by atoms with Crippen molar-refractivity contribution >= 4 is 38.5 Å². The molecule has 174 valence electrons. The van der Waals surface area contributed by atoms with Crippen molar-refractivity contribution in [2.24, 2.45) is 29.6 Å². The van der Waals surface area contributed by atoms with Gasteiger partial charge in [0.25, 0.3) is 5.91 Å². The molecule has 1 saturated carbocycles. The van der Waals surface area contributed by atoms with Gasteiger partial charge in [0, 0.05) is 48.6 Å². The number of amides is 2. The maximum atomic E-state index is 13.3. The van der Waals surface area contributed by atoms with Crippen LogP contribution in [-0.4, -0.2) is 63.2 Å². The highest BCUT2D eigenvalue weighted by Gasteiger charge is 2.59. The van der Waals surface area contributed by atoms with E-state index in [1.807, 2.05) is 29.2 Å². The number of carbonyl (C=O) groups excluding carboxylic acids is 2. The van der Waals surface area contributed by atoms with Crippen molar-refractivity contribution in [3.05, 3.63) is 57.8 Å². The standard InChI is InChI=1S/C26H26BrN5O2/c27-18-5-3-14-7-16(2-1-15(14)8-18)25(33)31-10-19-20(11-31)22-13-32(12-21(19)22)26(34)17-4-6-23-24(9-17)29-30-28-23/h1-3,5,7-8,17,19-22H,4,6,9-13H2,(H,28,29,30)/t17-,19-,20+,21+,22-/m1/s1. The number of carbonyl (C=O) groups is 2. The molecule has 2 saturated heterocycles. The molecule has 3 fully saturated rings. The third-order valence-electron chi connectivity index (χ3n) is 8.81. The maximum Gasteiger partial charge on any atom is 0.253 e. The lowest BCUT2D eigenvalue weighted by Gasteiger charge is -2.42. The van der Waals surface area contributed by atoms with E-state index in [1.165, 1.54) is 0 Å². The minimum absolute atomic E-state index is 0.0292. The average Bonchev–Trinajstić information content (AvgIpc) is 3.56. The molecule has 0 bridgehead atoms. The fraction of sp³-hybridized carbons (Fsp3) is 0.462. The quantitative estimate of drug-likeness (QED) is 0.563. The van der Waals surface area contributed by atoms with Crippen molar-refractivity contribution in [1.29, 1.82) is 0 Å². The van der Waals surface area contributed by atoms with Crippen molar-refractivity contribution in [3.63, 3.8) is 0 Å². The smallest absolute Gasteiger partial charge is 0.253 e. The van der Waals surface area contributed by atoms with Gasteiger partial charge >= 0.3 is 0 Å². The fourth-order valence-corrected chi connectivity index (χ4v) is 7.39. The highest BCUT2D eigenvalue weighted by molar-refractivity contribution is 9.10. The Hall–Kier alpha value is -2.74. The average molecular weight is 520 g/mol. The molecule has 1 N–H and O–H groups in total. The Morgan fingerprint density at radius 2 is 1.59 bits per heavy atom. The molecular weight excluding hydrogens is 494 g/mol. The Labute approximate surface area is 206 Å². The largest absolute Gasteiger partial charge is 0.342 e. The van der Waals surface area contributed by atoms with Gasteiger partial charge < -0.3 is 9.80 Å². The molecule has 2 aliphatic heterocycles. The van der Waals surface area contributed by atoms with E-state index in [2.05, 4.69) is 48.4 Å². The Balaban J connectivity index is 1.01. The first-order chi connectivity index (χ1) is 16.5. The second-order valence-electron chi connectivity index (χ2n) is 10.5. The highest BCUT2D eigenvalue weighted by Crippen LogP contribution is 2.54. The number of fused-ring (bicyclic) bond motifs is 6. The molecule has 2 amide bonds. The summed E-state index contributed by atoms with van der Waals surface area (Å²) < 4.78 is 1.04. The van der Waals surface area contributed by atoms with Crippen LogP contribution in [0.15, 0.2) is 40.9 Å². The normalized spacial score (nSPS) is 29.5.